The van der Waals surface area contributed by atoms with Crippen molar-refractivity contribution >= 4 is 11.8 Å². The van der Waals surface area contributed by atoms with Crippen LogP contribution in [0.5, 0.6) is 5.75 Å². The van der Waals surface area contributed by atoms with Crippen molar-refractivity contribution in [1.82, 2.24) is 15.4 Å². The maximum atomic E-state index is 12.9. The van der Waals surface area contributed by atoms with Gasteiger partial charge in [0.1, 0.15) is 12.4 Å². The van der Waals surface area contributed by atoms with Crippen LogP contribution in [-0.2, 0) is 20.9 Å². The van der Waals surface area contributed by atoms with Gasteiger partial charge in [0.2, 0.25) is 5.91 Å². The molecule has 0 spiro atoms. The lowest BCUT2D eigenvalue weighted by Crippen LogP contribution is -2.55. The molecule has 2 amide bonds. The van der Waals surface area contributed by atoms with E-state index in [2.05, 4.69) is 10.5 Å². The lowest BCUT2D eigenvalue weighted by Gasteiger charge is -2.40. The Kier molecular flexibility index (Phi) is 5.04. The number of hydrogen-bond donors (Lipinski definition) is 1. The van der Waals surface area contributed by atoms with E-state index in [0.29, 0.717) is 11.5 Å². The fourth-order valence-electron chi connectivity index (χ4n) is 3.54. The van der Waals surface area contributed by atoms with Gasteiger partial charge in [-0.1, -0.05) is 17.3 Å². The standard InChI is InChI=1S/C20H23N3O5/c1-12-9-16(28-22-12)10-21-20(25)19-18(13-3-7-15(26-2)8-4-13)23(14-5-6-14)17(24)11-27-19/h3-4,7-9,14,18-19H,5-6,10-11H2,1-2H3,(H,21,25)/t18-,19+/m1/s1. The lowest BCUT2D eigenvalue weighted by molar-refractivity contribution is -0.165. The first-order valence-electron chi connectivity index (χ1n) is 9.33. The Hall–Kier alpha value is -2.87. The third-order valence-electron chi connectivity index (χ3n) is 5.03. The highest BCUT2D eigenvalue weighted by Crippen LogP contribution is 2.39. The van der Waals surface area contributed by atoms with Gasteiger partial charge in [0.25, 0.3) is 5.91 Å². The van der Waals surface area contributed by atoms with E-state index in [-0.39, 0.29) is 31.0 Å². The topological polar surface area (TPSA) is 93.9 Å². The summed E-state index contributed by atoms with van der Waals surface area (Å²) in [5.41, 5.74) is 1.59. The Morgan fingerprint density at radius 2 is 2.07 bits per heavy atom. The summed E-state index contributed by atoms with van der Waals surface area (Å²) in [6.45, 7) is 1.94. The van der Waals surface area contributed by atoms with Crippen molar-refractivity contribution in [2.45, 2.75) is 44.5 Å². The van der Waals surface area contributed by atoms with Gasteiger partial charge >= 0.3 is 0 Å². The summed E-state index contributed by atoms with van der Waals surface area (Å²) in [4.78, 5) is 27.3. The first kappa shape index (κ1) is 18.5. The Morgan fingerprint density at radius 1 is 1.32 bits per heavy atom. The molecule has 2 aromatic rings. The minimum atomic E-state index is -0.796. The number of benzene rings is 1. The van der Waals surface area contributed by atoms with E-state index in [9.17, 15) is 9.59 Å². The van der Waals surface area contributed by atoms with Gasteiger partial charge in [-0.3, -0.25) is 9.59 Å². The number of amides is 2. The number of methoxy groups -OCH3 is 1. The normalized spacial score (nSPS) is 22.2. The Bertz CT molecular complexity index is 859. The molecule has 1 N–H and O–H groups in total. The van der Waals surface area contributed by atoms with Crippen LogP contribution in [0.25, 0.3) is 0 Å². The summed E-state index contributed by atoms with van der Waals surface area (Å²) in [7, 11) is 1.60. The van der Waals surface area contributed by atoms with Crippen molar-refractivity contribution in [2.24, 2.45) is 0 Å². The average Bonchev–Trinajstić information content (AvgIpc) is 3.46. The highest BCUT2D eigenvalue weighted by atomic mass is 16.5. The zero-order chi connectivity index (χ0) is 19.7. The van der Waals surface area contributed by atoms with Gasteiger partial charge in [-0.2, -0.15) is 0 Å². The molecule has 4 rings (SSSR count). The molecule has 2 fully saturated rings. The molecule has 0 unspecified atom stereocenters. The average molecular weight is 385 g/mol. The SMILES string of the molecule is COc1ccc([C@@H]2[C@@H](C(=O)NCc3cc(C)no3)OCC(=O)N2C2CC2)cc1. The van der Waals surface area contributed by atoms with Crippen LogP contribution < -0.4 is 10.1 Å². The zero-order valence-electron chi connectivity index (χ0n) is 15.9. The van der Waals surface area contributed by atoms with E-state index in [4.69, 9.17) is 14.0 Å². The van der Waals surface area contributed by atoms with E-state index in [0.717, 1.165) is 24.1 Å². The van der Waals surface area contributed by atoms with Crippen LogP contribution in [0.1, 0.15) is 35.9 Å². The van der Waals surface area contributed by atoms with Crippen molar-refractivity contribution in [3.8, 4) is 5.75 Å². The maximum absolute atomic E-state index is 12.9. The molecule has 1 saturated heterocycles. The van der Waals surface area contributed by atoms with Gasteiger partial charge in [0, 0.05) is 12.1 Å². The van der Waals surface area contributed by atoms with Gasteiger partial charge in [-0.05, 0) is 37.5 Å². The first-order valence-corrected chi connectivity index (χ1v) is 9.33. The first-order chi connectivity index (χ1) is 13.6. The van der Waals surface area contributed by atoms with Crippen molar-refractivity contribution < 1.29 is 23.6 Å². The van der Waals surface area contributed by atoms with Crippen molar-refractivity contribution in [3.63, 3.8) is 0 Å². The van der Waals surface area contributed by atoms with Crippen molar-refractivity contribution in [2.75, 3.05) is 13.7 Å². The molecule has 2 atom stereocenters. The minimum absolute atomic E-state index is 0.0850. The molecule has 1 aliphatic heterocycles. The molecule has 1 aromatic heterocycles. The highest BCUT2D eigenvalue weighted by Gasteiger charge is 2.47. The van der Waals surface area contributed by atoms with E-state index < -0.39 is 12.1 Å². The largest absolute Gasteiger partial charge is 0.497 e. The summed E-state index contributed by atoms with van der Waals surface area (Å²) >= 11 is 0. The van der Waals surface area contributed by atoms with E-state index in [1.807, 2.05) is 36.1 Å². The monoisotopic (exact) mass is 385 g/mol. The molecule has 2 aliphatic rings. The predicted octanol–water partition coefficient (Wildman–Crippen LogP) is 1.74. The second kappa shape index (κ2) is 7.63. The summed E-state index contributed by atoms with van der Waals surface area (Å²) in [6, 6.07) is 8.86. The molecule has 28 heavy (non-hydrogen) atoms. The molecule has 148 valence electrons. The van der Waals surface area contributed by atoms with Crippen LogP contribution in [0.3, 0.4) is 0 Å². The Labute approximate surface area is 162 Å². The number of ether oxygens (including phenoxy) is 2. The third-order valence-corrected chi connectivity index (χ3v) is 5.03. The van der Waals surface area contributed by atoms with Gasteiger partial charge in [-0.25, -0.2) is 0 Å². The molecule has 1 saturated carbocycles. The molecular weight excluding hydrogens is 362 g/mol. The molecule has 0 bridgehead atoms. The van der Waals surface area contributed by atoms with Gasteiger partial charge in [0.15, 0.2) is 11.9 Å². The number of nitrogens with zero attached hydrogens (tertiary/aromatic N) is 2. The number of morpholine rings is 1. The smallest absolute Gasteiger partial charge is 0.252 e. The fourth-order valence-corrected chi connectivity index (χ4v) is 3.54. The predicted molar refractivity (Wildman–Crippen MR) is 98.4 cm³/mol. The Balaban J connectivity index is 1.57. The number of aromatic nitrogens is 1. The molecule has 2 heterocycles. The number of nitrogens with one attached hydrogen (secondary N) is 1. The van der Waals surface area contributed by atoms with E-state index in [1.165, 1.54) is 0 Å². The third kappa shape index (κ3) is 3.73. The van der Waals surface area contributed by atoms with Crippen LogP contribution in [-0.4, -0.2) is 47.7 Å². The number of rotatable bonds is 6. The minimum Gasteiger partial charge on any atom is -0.497 e. The second-order valence-corrected chi connectivity index (χ2v) is 7.13. The quantitative estimate of drug-likeness (QED) is 0.814. The molecule has 8 heteroatoms. The number of aryl methyl sites for hydroxylation is 1. The molecule has 0 radical (unpaired) electrons. The number of hydrogen-bond acceptors (Lipinski definition) is 6. The molecule has 1 aliphatic carbocycles. The molecule has 1 aromatic carbocycles. The van der Waals surface area contributed by atoms with Crippen LogP contribution in [0.4, 0.5) is 0 Å². The summed E-state index contributed by atoms with van der Waals surface area (Å²) in [5.74, 6) is 0.912. The zero-order valence-corrected chi connectivity index (χ0v) is 15.9. The van der Waals surface area contributed by atoms with Gasteiger partial charge < -0.3 is 24.2 Å². The summed E-state index contributed by atoms with van der Waals surface area (Å²) in [6.07, 6.45) is 1.10. The molecule has 8 nitrogen and oxygen atoms in total. The van der Waals surface area contributed by atoms with Crippen molar-refractivity contribution in [3.05, 3.63) is 47.3 Å². The van der Waals surface area contributed by atoms with Crippen LogP contribution in [0.2, 0.25) is 0 Å². The number of carbonyl (C=O) groups is 2. The lowest BCUT2D eigenvalue weighted by atomic mass is 9.96. The fraction of sp³-hybridized carbons (Fsp3) is 0.450. The molecular formula is C20H23N3O5. The van der Waals surface area contributed by atoms with Crippen LogP contribution in [0.15, 0.2) is 34.9 Å². The van der Waals surface area contributed by atoms with Gasteiger partial charge in [0.05, 0.1) is 25.4 Å². The summed E-state index contributed by atoms with van der Waals surface area (Å²) < 4.78 is 16.1. The maximum Gasteiger partial charge on any atom is 0.252 e. The van der Waals surface area contributed by atoms with E-state index >= 15 is 0 Å². The van der Waals surface area contributed by atoms with Crippen LogP contribution >= 0.6 is 0 Å². The summed E-state index contributed by atoms with van der Waals surface area (Å²) in [5, 5.41) is 6.66. The van der Waals surface area contributed by atoms with Crippen molar-refractivity contribution in [1.29, 1.82) is 0 Å². The van der Waals surface area contributed by atoms with E-state index in [1.54, 1.807) is 13.2 Å². The van der Waals surface area contributed by atoms with Crippen LogP contribution in [0, 0.1) is 6.92 Å². The highest BCUT2D eigenvalue weighted by molar-refractivity contribution is 5.86. The second-order valence-electron chi connectivity index (χ2n) is 7.13. The van der Waals surface area contributed by atoms with Gasteiger partial charge in [-0.15, -0.1) is 0 Å². The number of carbonyl (C=O) groups excluding carboxylic acids is 2. The Morgan fingerprint density at radius 3 is 2.68 bits per heavy atom.